The monoisotopic (exact) mass is 232 g/mol. The molecular weight excluding hydrogens is 215 g/mol. The smallest absolute Gasteiger partial charge is 0.123 e. The highest BCUT2D eigenvalue weighted by molar-refractivity contribution is 5.84. The van der Waals surface area contributed by atoms with Crippen molar-refractivity contribution in [2.24, 2.45) is 18.7 Å². The molecule has 1 saturated carbocycles. The number of nitrogens with two attached hydrogens (primary N) is 1. The van der Waals surface area contributed by atoms with Crippen LogP contribution < -0.4 is 5.73 Å². The maximum absolute atomic E-state index is 13.3. The molecule has 2 N–H and O–H groups in total. The van der Waals surface area contributed by atoms with E-state index < -0.39 is 0 Å². The van der Waals surface area contributed by atoms with Gasteiger partial charge in [-0.25, -0.2) is 4.39 Å². The molecule has 1 atom stereocenters. The van der Waals surface area contributed by atoms with Crippen LogP contribution in [0.2, 0.25) is 0 Å². The summed E-state index contributed by atoms with van der Waals surface area (Å²) in [6.07, 6.45) is 5.73. The molecule has 2 nitrogen and oxygen atoms in total. The molecule has 1 unspecified atom stereocenters. The third-order valence-corrected chi connectivity index (χ3v) is 4.00. The fourth-order valence-electron chi connectivity index (χ4n) is 2.71. The Hall–Kier alpha value is -1.35. The Balaban J connectivity index is 2.11. The van der Waals surface area contributed by atoms with Gasteiger partial charge in [0.05, 0.1) is 0 Å². The molecule has 1 heterocycles. The number of aromatic nitrogens is 1. The minimum atomic E-state index is -0.189. The van der Waals surface area contributed by atoms with E-state index >= 15 is 0 Å². The van der Waals surface area contributed by atoms with E-state index in [-0.39, 0.29) is 11.9 Å². The van der Waals surface area contributed by atoms with Gasteiger partial charge in [0.25, 0.3) is 0 Å². The highest BCUT2D eigenvalue weighted by Crippen LogP contribution is 2.38. The summed E-state index contributed by atoms with van der Waals surface area (Å²) in [6, 6.07) is 4.97. The van der Waals surface area contributed by atoms with Crippen LogP contribution in [-0.4, -0.2) is 4.57 Å². The summed E-state index contributed by atoms with van der Waals surface area (Å²) < 4.78 is 15.4. The second-order valence-electron chi connectivity index (χ2n) is 5.07. The van der Waals surface area contributed by atoms with Crippen LogP contribution in [0, 0.1) is 11.7 Å². The van der Waals surface area contributed by atoms with Gasteiger partial charge < -0.3 is 10.3 Å². The van der Waals surface area contributed by atoms with Crippen molar-refractivity contribution in [3.63, 3.8) is 0 Å². The van der Waals surface area contributed by atoms with Gasteiger partial charge in [0, 0.05) is 30.2 Å². The van der Waals surface area contributed by atoms with Crippen molar-refractivity contribution < 1.29 is 4.39 Å². The van der Waals surface area contributed by atoms with Crippen molar-refractivity contribution in [2.75, 3.05) is 0 Å². The van der Waals surface area contributed by atoms with E-state index in [9.17, 15) is 4.39 Å². The average Bonchev–Trinajstić information content (AvgIpc) is 2.53. The zero-order valence-electron chi connectivity index (χ0n) is 9.99. The predicted octanol–water partition coefficient (Wildman–Crippen LogP) is 3.12. The molecule has 1 aliphatic rings. The fourth-order valence-corrected chi connectivity index (χ4v) is 2.71. The molecule has 0 radical (unpaired) electrons. The Bertz CT molecular complexity index is 555. The van der Waals surface area contributed by atoms with Gasteiger partial charge in [-0.3, -0.25) is 0 Å². The van der Waals surface area contributed by atoms with Gasteiger partial charge in [-0.05, 0) is 42.5 Å². The quantitative estimate of drug-likeness (QED) is 0.847. The summed E-state index contributed by atoms with van der Waals surface area (Å²) in [5.41, 5.74) is 8.44. The molecule has 3 rings (SSSR count). The van der Waals surface area contributed by atoms with Crippen LogP contribution in [0.1, 0.15) is 30.9 Å². The number of fused-ring (bicyclic) bond motifs is 1. The van der Waals surface area contributed by atoms with Crippen molar-refractivity contribution in [2.45, 2.75) is 25.3 Å². The van der Waals surface area contributed by atoms with Gasteiger partial charge in [-0.2, -0.15) is 0 Å². The van der Waals surface area contributed by atoms with Gasteiger partial charge in [-0.1, -0.05) is 6.42 Å². The number of aryl methyl sites for hydroxylation is 1. The molecule has 2 aromatic rings. The van der Waals surface area contributed by atoms with Crippen molar-refractivity contribution in [1.29, 1.82) is 0 Å². The van der Waals surface area contributed by atoms with Crippen LogP contribution >= 0.6 is 0 Å². The molecule has 0 spiro atoms. The van der Waals surface area contributed by atoms with Gasteiger partial charge in [-0.15, -0.1) is 0 Å². The lowest BCUT2D eigenvalue weighted by Crippen LogP contribution is -2.26. The first-order chi connectivity index (χ1) is 8.16. The van der Waals surface area contributed by atoms with Gasteiger partial charge in [0.2, 0.25) is 0 Å². The first-order valence-corrected chi connectivity index (χ1v) is 6.17. The highest BCUT2D eigenvalue weighted by atomic mass is 19.1. The van der Waals surface area contributed by atoms with Gasteiger partial charge in [0.1, 0.15) is 5.82 Å². The first-order valence-electron chi connectivity index (χ1n) is 6.17. The van der Waals surface area contributed by atoms with Gasteiger partial charge in [0.15, 0.2) is 0 Å². The van der Waals surface area contributed by atoms with E-state index in [4.69, 9.17) is 5.73 Å². The van der Waals surface area contributed by atoms with Crippen LogP contribution in [0.4, 0.5) is 4.39 Å². The second kappa shape index (κ2) is 3.84. The van der Waals surface area contributed by atoms with Crippen molar-refractivity contribution >= 4 is 10.9 Å². The van der Waals surface area contributed by atoms with Crippen LogP contribution in [-0.2, 0) is 7.05 Å². The Morgan fingerprint density at radius 1 is 1.41 bits per heavy atom. The molecule has 1 aromatic carbocycles. The number of rotatable bonds is 2. The van der Waals surface area contributed by atoms with Gasteiger partial charge >= 0.3 is 0 Å². The Kier molecular flexibility index (Phi) is 2.44. The Morgan fingerprint density at radius 3 is 2.82 bits per heavy atom. The highest BCUT2D eigenvalue weighted by Gasteiger charge is 2.27. The standard InChI is InChI=1S/C14H17FN2/c1-17-8-12(14(16)9-3-2-4-9)11-7-10(15)5-6-13(11)17/h5-9,14H,2-4,16H2,1H3. The molecule has 17 heavy (non-hydrogen) atoms. The molecule has 1 aliphatic carbocycles. The topological polar surface area (TPSA) is 30.9 Å². The fraction of sp³-hybridized carbons (Fsp3) is 0.429. The van der Waals surface area contributed by atoms with E-state index in [1.54, 1.807) is 6.07 Å². The van der Waals surface area contributed by atoms with Crippen molar-refractivity contribution in [3.8, 4) is 0 Å². The summed E-state index contributed by atoms with van der Waals surface area (Å²) in [6.45, 7) is 0. The lowest BCUT2D eigenvalue weighted by molar-refractivity contribution is 0.265. The number of benzene rings is 1. The maximum Gasteiger partial charge on any atom is 0.123 e. The molecular formula is C14H17FN2. The molecule has 1 aromatic heterocycles. The Labute approximate surface area is 100 Å². The molecule has 3 heteroatoms. The summed E-state index contributed by atoms with van der Waals surface area (Å²) >= 11 is 0. The van der Waals surface area contributed by atoms with Crippen molar-refractivity contribution in [3.05, 3.63) is 35.8 Å². The number of halogens is 1. The lowest BCUT2D eigenvalue weighted by atomic mass is 9.77. The molecule has 90 valence electrons. The second-order valence-corrected chi connectivity index (χ2v) is 5.07. The van der Waals surface area contributed by atoms with Crippen LogP contribution in [0.15, 0.2) is 24.4 Å². The average molecular weight is 232 g/mol. The van der Waals surface area contributed by atoms with E-state index in [1.807, 2.05) is 23.9 Å². The Morgan fingerprint density at radius 2 is 2.18 bits per heavy atom. The van der Waals surface area contributed by atoms with E-state index in [0.717, 1.165) is 16.5 Å². The van der Waals surface area contributed by atoms with Crippen LogP contribution in [0.3, 0.4) is 0 Å². The normalized spacial score (nSPS) is 18.3. The summed E-state index contributed by atoms with van der Waals surface area (Å²) in [5, 5.41) is 0.965. The summed E-state index contributed by atoms with van der Waals surface area (Å²) in [4.78, 5) is 0. The summed E-state index contributed by atoms with van der Waals surface area (Å²) in [5.74, 6) is 0.384. The van der Waals surface area contributed by atoms with Crippen molar-refractivity contribution in [1.82, 2.24) is 4.57 Å². The number of hydrogen-bond acceptors (Lipinski definition) is 1. The number of nitrogens with zero attached hydrogens (tertiary/aromatic N) is 1. The SMILES string of the molecule is Cn1cc(C(N)C2CCC2)c2cc(F)ccc21. The van der Waals surface area contributed by atoms with E-state index in [0.29, 0.717) is 5.92 Å². The van der Waals surface area contributed by atoms with E-state index in [1.165, 1.54) is 25.3 Å². The largest absolute Gasteiger partial charge is 0.350 e. The molecule has 0 saturated heterocycles. The zero-order chi connectivity index (χ0) is 12.0. The minimum absolute atomic E-state index is 0.0502. The molecule has 0 aliphatic heterocycles. The predicted molar refractivity (Wildman–Crippen MR) is 67.1 cm³/mol. The summed E-state index contributed by atoms with van der Waals surface area (Å²) in [7, 11) is 1.98. The molecule has 1 fully saturated rings. The van der Waals surface area contributed by atoms with Crippen LogP contribution in [0.5, 0.6) is 0 Å². The third kappa shape index (κ3) is 1.65. The minimum Gasteiger partial charge on any atom is -0.350 e. The molecule has 0 bridgehead atoms. The van der Waals surface area contributed by atoms with Crippen LogP contribution in [0.25, 0.3) is 10.9 Å². The maximum atomic E-state index is 13.3. The third-order valence-electron chi connectivity index (χ3n) is 4.00. The van der Waals surface area contributed by atoms with E-state index in [2.05, 4.69) is 0 Å². The zero-order valence-corrected chi connectivity index (χ0v) is 9.99. The lowest BCUT2D eigenvalue weighted by Gasteiger charge is -2.31. The number of hydrogen-bond donors (Lipinski definition) is 1. The first kappa shape index (κ1) is 10.8. The molecule has 0 amide bonds.